The number of para-hydroxylation sites is 1. The highest BCUT2D eigenvalue weighted by Gasteiger charge is 2.19. The zero-order valence-electron chi connectivity index (χ0n) is 13.4. The van der Waals surface area contributed by atoms with Gasteiger partial charge in [-0.2, -0.15) is 0 Å². The molecule has 2 aromatic heterocycles. The SMILES string of the molecule is COC(=O)c1ccc(C(=O)NNC(=O)c2oc3ccccc3c2C)s1. The smallest absolute Gasteiger partial charge is 0.348 e. The lowest BCUT2D eigenvalue weighted by Crippen LogP contribution is -2.41. The minimum absolute atomic E-state index is 0.128. The van der Waals surface area contributed by atoms with Crippen LogP contribution in [-0.4, -0.2) is 24.9 Å². The first-order chi connectivity index (χ1) is 12.0. The topological polar surface area (TPSA) is 97.6 Å². The molecule has 0 saturated carbocycles. The Morgan fingerprint density at radius 1 is 1.00 bits per heavy atom. The van der Waals surface area contributed by atoms with Gasteiger partial charge in [0.2, 0.25) is 0 Å². The third kappa shape index (κ3) is 3.24. The number of nitrogens with one attached hydrogen (secondary N) is 2. The summed E-state index contributed by atoms with van der Waals surface area (Å²) in [6.45, 7) is 1.77. The van der Waals surface area contributed by atoms with Gasteiger partial charge in [-0.05, 0) is 25.1 Å². The molecule has 25 heavy (non-hydrogen) atoms. The maximum atomic E-state index is 12.2. The highest BCUT2D eigenvalue weighted by atomic mass is 32.1. The normalized spacial score (nSPS) is 10.5. The highest BCUT2D eigenvalue weighted by molar-refractivity contribution is 7.15. The lowest BCUT2D eigenvalue weighted by molar-refractivity contribution is 0.0606. The van der Waals surface area contributed by atoms with E-state index in [1.165, 1.54) is 19.2 Å². The van der Waals surface area contributed by atoms with Crippen molar-refractivity contribution < 1.29 is 23.5 Å². The van der Waals surface area contributed by atoms with E-state index in [4.69, 9.17) is 4.42 Å². The molecule has 7 nitrogen and oxygen atoms in total. The number of esters is 1. The van der Waals surface area contributed by atoms with Crippen LogP contribution in [0.5, 0.6) is 0 Å². The molecule has 2 amide bonds. The number of rotatable bonds is 3. The quantitative estimate of drug-likeness (QED) is 0.554. The van der Waals surface area contributed by atoms with Crippen LogP contribution < -0.4 is 10.9 Å². The van der Waals surface area contributed by atoms with E-state index in [0.29, 0.717) is 16.0 Å². The maximum Gasteiger partial charge on any atom is 0.348 e. The number of furan rings is 1. The van der Waals surface area contributed by atoms with Crippen molar-refractivity contribution in [2.45, 2.75) is 6.92 Å². The summed E-state index contributed by atoms with van der Waals surface area (Å²) in [5.41, 5.74) is 5.89. The van der Waals surface area contributed by atoms with E-state index >= 15 is 0 Å². The number of carbonyl (C=O) groups excluding carboxylic acids is 3. The first-order valence-electron chi connectivity index (χ1n) is 7.28. The number of fused-ring (bicyclic) bond motifs is 1. The third-order valence-electron chi connectivity index (χ3n) is 3.56. The molecule has 0 aliphatic heterocycles. The number of ether oxygens (including phenoxy) is 1. The van der Waals surface area contributed by atoms with E-state index in [2.05, 4.69) is 15.6 Å². The minimum Gasteiger partial charge on any atom is -0.465 e. The molecule has 0 unspecified atom stereocenters. The predicted octanol–water partition coefficient (Wildman–Crippen LogP) is 2.66. The van der Waals surface area contributed by atoms with Crippen LogP contribution in [0.15, 0.2) is 40.8 Å². The predicted molar refractivity (Wildman–Crippen MR) is 91.5 cm³/mol. The van der Waals surface area contributed by atoms with Crippen LogP contribution in [0.25, 0.3) is 11.0 Å². The summed E-state index contributed by atoms with van der Waals surface area (Å²) in [5.74, 6) is -1.50. The molecule has 3 rings (SSSR count). The van der Waals surface area contributed by atoms with Gasteiger partial charge in [0.15, 0.2) is 5.76 Å². The Morgan fingerprint density at radius 3 is 2.40 bits per heavy atom. The Kier molecular flexibility index (Phi) is 4.53. The molecule has 0 saturated heterocycles. The van der Waals surface area contributed by atoms with Gasteiger partial charge in [-0.15, -0.1) is 11.3 Å². The van der Waals surface area contributed by atoms with E-state index in [-0.39, 0.29) is 10.6 Å². The second-order valence-electron chi connectivity index (χ2n) is 5.12. The van der Waals surface area contributed by atoms with Gasteiger partial charge in [0.05, 0.1) is 12.0 Å². The van der Waals surface area contributed by atoms with Crippen molar-refractivity contribution in [2.75, 3.05) is 7.11 Å². The standard InChI is InChI=1S/C17H14N2O5S/c1-9-10-5-3-4-6-11(10)24-14(9)16(21)19-18-15(20)12-7-8-13(25-12)17(22)23-2/h3-8H,1-2H3,(H,18,20)(H,19,21). The van der Waals surface area contributed by atoms with Crippen molar-refractivity contribution in [2.24, 2.45) is 0 Å². The lowest BCUT2D eigenvalue weighted by atomic mass is 10.1. The van der Waals surface area contributed by atoms with Gasteiger partial charge in [-0.25, -0.2) is 4.79 Å². The fraction of sp³-hybridized carbons (Fsp3) is 0.118. The molecule has 0 radical (unpaired) electrons. The second-order valence-corrected chi connectivity index (χ2v) is 6.20. The van der Waals surface area contributed by atoms with Gasteiger partial charge in [0, 0.05) is 10.9 Å². The van der Waals surface area contributed by atoms with Crippen LogP contribution in [0.2, 0.25) is 0 Å². The average molecular weight is 358 g/mol. The van der Waals surface area contributed by atoms with Crippen LogP contribution in [0.3, 0.4) is 0 Å². The molecule has 0 aliphatic rings. The van der Waals surface area contributed by atoms with Crippen LogP contribution in [0.4, 0.5) is 0 Å². The van der Waals surface area contributed by atoms with Gasteiger partial charge in [0.25, 0.3) is 5.91 Å². The number of aryl methyl sites for hydroxylation is 1. The number of hydrazine groups is 1. The molecule has 0 bridgehead atoms. The highest BCUT2D eigenvalue weighted by Crippen LogP contribution is 2.24. The zero-order valence-corrected chi connectivity index (χ0v) is 14.2. The number of benzene rings is 1. The monoisotopic (exact) mass is 358 g/mol. The second kappa shape index (κ2) is 6.78. The van der Waals surface area contributed by atoms with Gasteiger partial charge >= 0.3 is 11.9 Å². The summed E-state index contributed by atoms with van der Waals surface area (Å²) < 4.78 is 10.1. The fourth-order valence-corrected chi connectivity index (χ4v) is 3.11. The first-order valence-corrected chi connectivity index (χ1v) is 8.10. The Hall–Kier alpha value is -3.13. The van der Waals surface area contributed by atoms with Crippen LogP contribution in [0.1, 0.15) is 35.5 Å². The van der Waals surface area contributed by atoms with E-state index < -0.39 is 17.8 Å². The molecule has 128 valence electrons. The van der Waals surface area contributed by atoms with Crippen LogP contribution in [0, 0.1) is 6.92 Å². The van der Waals surface area contributed by atoms with E-state index in [1.54, 1.807) is 13.0 Å². The largest absolute Gasteiger partial charge is 0.465 e. The molecule has 1 aromatic carbocycles. The van der Waals surface area contributed by atoms with Crippen molar-refractivity contribution >= 4 is 40.1 Å². The van der Waals surface area contributed by atoms with Crippen LogP contribution >= 0.6 is 11.3 Å². The molecule has 0 aliphatic carbocycles. The number of carbonyl (C=O) groups is 3. The van der Waals surface area contributed by atoms with Gasteiger partial charge < -0.3 is 9.15 Å². The molecule has 0 spiro atoms. The summed E-state index contributed by atoms with van der Waals surface area (Å²) in [6.07, 6.45) is 0. The average Bonchev–Trinajstić information content (AvgIpc) is 3.24. The first kappa shape index (κ1) is 16.7. The summed E-state index contributed by atoms with van der Waals surface area (Å²) in [4.78, 5) is 36.3. The number of hydrogen-bond donors (Lipinski definition) is 2. The van der Waals surface area contributed by atoms with Gasteiger partial charge in [-0.1, -0.05) is 18.2 Å². The van der Waals surface area contributed by atoms with Crippen molar-refractivity contribution in [3.05, 3.63) is 57.5 Å². The van der Waals surface area contributed by atoms with Crippen molar-refractivity contribution in [3.8, 4) is 0 Å². The Balaban J connectivity index is 1.69. The molecule has 2 N–H and O–H groups in total. The summed E-state index contributed by atoms with van der Waals surface area (Å²) in [5, 5.41) is 0.833. The molecule has 0 fully saturated rings. The molecule has 2 heterocycles. The van der Waals surface area contributed by atoms with E-state index in [9.17, 15) is 14.4 Å². The Morgan fingerprint density at radius 2 is 1.68 bits per heavy atom. The third-order valence-corrected chi connectivity index (χ3v) is 4.62. The van der Waals surface area contributed by atoms with Crippen molar-refractivity contribution in [1.82, 2.24) is 10.9 Å². The molecule has 8 heteroatoms. The van der Waals surface area contributed by atoms with Gasteiger partial charge in [0.1, 0.15) is 10.5 Å². The molecule has 3 aromatic rings. The van der Waals surface area contributed by atoms with Gasteiger partial charge in [-0.3, -0.25) is 20.4 Å². The van der Waals surface area contributed by atoms with Crippen molar-refractivity contribution in [3.63, 3.8) is 0 Å². The van der Waals surface area contributed by atoms with Crippen LogP contribution in [-0.2, 0) is 4.74 Å². The van der Waals surface area contributed by atoms with E-state index in [1.807, 2.05) is 18.2 Å². The summed E-state index contributed by atoms with van der Waals surface area (Å²) in [7, 11) is 1.26. The molecular formula is C17H14N2O5S. The van der Waals surface area contributed by atoms with E-state index in [0.717, 1.165) is 16.7 Å². The summed E-state index contributed by atoms with van der Waals surface area (Å²) >= 11 is 0.967. The number of amides is 2. The number of hydrogen-bond acceptors (Lipinski definition) is 6. The Labute approximate surface area is 146 Å². The number of thiophene rings is 1. The minimum atomic E-state index is -0.563. The molecule has 0 atom stereocenters. The Bertz CT molecular complexity index is 972. The zero-order chi connectivity index (χ0) is 18.0. The molecular weight excluding hydrogens is 344 g/mol. The fourth-order valence-electron chi connectivity index (χ4n) is 2.29. The summed E-state index contributed by atoms with van der Waals surface area (Å²) in [6, 6.07) is 10.2. The number of methoxy groups -OCH3 is 1. The maximum absolute atomic E-state index is 12.2. The lowest BCUT2D eigenvalue weighted by Gasteiger charge is -2.04. The van der Waals surface area contributed by atoms with Crippen molar-refractivity contribution in [1.29, 1.82) is 0 Å².